The van der Waals surface area contributed by atoms with Crippen molar-refractivity contribution in [2.24, 2.45) is 0 Å². The summed E-state index contributed by atoms with van der Waals surface area (Å²) in [7, 11) is -10.3. The van der Waals surface area contributed by atoms with Crippen LogP contribution in [-0.4, -0.2) is 19.9 Å². The maximum absolute atomic E-state index is 13.6. The van der Waals surface area contributed by atoms with Gasteiger partial charge < -0.3 is 0 Å². The minimum atomic E-state index is -10.3. The number of rotatable bonds is 1. The molecule has 0 amide bonds. The second-order valence-corrected chi connectivity index (χ2v) is 10.6. The lowest BCUT2D eigenvalue weighted by atomic mass is 9.92. The molecule has 0 saturated carbocycles. The van der Waals surface area contributed by atoms with E-state index in [2.05, 4.69) is 29.6 Å². The maximum atomic E-state index is 13.6. The first-order chi connectivity index (χ1) is 17.2. The van der Waals surface area contributed by atoms with Gasteiger partial charge in [0.1, 0.15) is 0 Å². The number of benzene rings is 1. The zero-order valence-electron chi connectivity index (χ0n) is 18.4. The highest BCUT2D eigenvalue weighted by atomic mass is 32.5. The van der Waals surface area contributed by atoms with Crippen LogP contribution in [0, 0.1) is 42.7 Å². The number of halogens is 5. The molecule has 14 heteroatoms. The normalized spacial score (nSPS) is 16.3. The molecule has 0 aliphatic heterocycles. The molecule has 8 nitrogen and oxygen atoms in total. The molecule has 2 heterocycles. The van der Waals surface area contributed by atoms with Crippen molar-refractivity contribution in [2.75, 3.05) is 0 Å². The fourth-order valence-electron chi connectivity index (χ4n) is 4.61. The Labute approximate surface area is 205 Å². The fraction of sp³-hybridized carbons (Fsp3) is 0.130. The Morgan fingerprint density at radius 3 is 1.81 bits per heavy atom. The summed E-state index contributed by atoms with van der Waals surface area (Å²) in [6, 6.07) is 3.48. The van der Waals surface area contributed by atoms with Crippen LogP contribution >= 0.6 is 10.2 Å². The fourth-order valence-corrected chi connectivity index (χ4v) is 5.13. The van der Waals surface area contributed by atoms with Crippen molar-refractivity contribution >= 4 is 21.6 Å². The van der Waals surface area contributed by atoms with Gasteiger partial charge >= 0.3 is 10.2 Å². The van der Waals surface area contributed by atoms with Crippen LogP contribution in [0.2, 0.25) is 0 Å². The van der Waals surface area contributed by atoms with E-state index in [1.54, 1.807) is 19.1 Å². The summed E-state index contributed by atoms with van der Waals surface area (Å²) < 4.78 is 68.2. The molecule has 0 radical (unpaired) electrons. The molecule has 0 spiro atoms. The first-order valence-corrected chi connectivity index (χ1v) is 12.1. The van der Waals surface area contributed by atoms with Gasteiger partial charge in [-0.2, -0.15) is 0 Å². The Balaban J connectivity index is 2.11. The monoisotopic (exact) mass is 524 g/mol. The molecule has 0 unspecified atom stereocenters. The average Bonchev–Trinajstić information content (AvgIpc) is 3.38. The van der Waals surface area contributed by atoms with Crippen LogP contribution in [0.15, 0.2) is 17.4 Å². The second kappa shape index (κ2) is 6.85. The molecule has 0 fully saturated rings. The van der Waals surface area contributed by atoms with Crippen LogP contribution in [-0.2, 0) is 12.8 Å². The van der Waals surface area contributed by atoms with Gasteiger partial charge in [0.2, 0.25) is 5.03 Å². The predicted molar refractivity (Wildman–Crippen MR) is 121 cm³/mol. The van der Waals surface area contributed by atoms with Crippen LogP contribution in [0.3, 0.4) is 0 Å². The van der Waals surface area contributed by atoms with E-state index in [4.69, 9.17) is 13.1 Å². The Bertz CT molecular complexity index is 1890. The highest BCUT2D eigenvalue weighted by Gasteiger charge is 2.67. The lowest BCUT2D eigenvalue weighted by Crippen LogP contribution is -2.26. The smallest absolute Gasteiger partial charge is 0.257 e. The standard InChI is InChI=1S/C23H9F5N8S/c1-10-8-33-13-4-11-18(15(6-29)31-2)12-5-14-23(36-17(9-34-14)37(24,25,26,27)28)20(12)21(16(7-30)32-3)19(11)22(13)35-10/h8-9H,4-5H2,1H3/b18-15+,21-16+. The molecule has 0 bridgehead atoms. The predicted octanol–water partition coefficient (Wildman–Crippen LogP) is 4.48. The third-order valence-corrected chi connectivity index (χ3v) is 6.96. The van der Waals surface area contributed by atoms with E-state index in [1.165, 1.54) is 6.20 Å². The van der Waals surface area contributed by atoms with Crippen LogP contribution in [0.1, 0.15) is 28.2 Å². The van der Waals surface area contributed by atoms with Gasteiger partial charge in [-0.15, -0.1) is 0 Å². The summed E-state index contributed by atoms with van der Waals surface area (Å²) in [5.41, 5.74) is -0.346. The third-order valence-electron chi connectivity index (χ3n) is 5.97. The van der Waals surface area contributed by atoms with Gasteiger partial charge in [-0.25, -0.2) is 30.2 Å². The molecule has 0 saturated heterocycles. The summed E-state index contributed by atoms with van der Waals surface area (Å²) >= 11 is 0. The van der Waals surface area contributed by atoms with Crippen molar-refractivity contribution < 1.29 is 19.4 Å². The van der Waals surface area contributed by atoms with Crippen molar-refractivity contribution in [3.05, 3.63) is 73.9 Å². The summed E-state index contributed by atoms with van der Waals surface area (Å²) in [4.78, 5) is 22.1. The van der Waals surface area contributed by atoms with Gasteiger partial charge in [0.15, 0.2) is 0 Å². The Morgan fingerprint density at radius 1 is 0.838 bits per heavy atom. The van der Waals surface area contributed by atoms with E-state index >= 15 is 0 Å². The number of nitrogens with zero attached hydrogens (tertiary/aromatic N) is 8. The first-order valence-electron chi connectivity index (χ1n) is 10.2. The molecule has 182 valence electrons. The van der Waals surface area contributed by atoms with Crippen molar-refractivity contribution in [1.29, 1.82) is 10.5 Å². The molecule has 3 aromatic rings. The molecule has 0 atom stereocenters. The van der Waals surface area contributed by atoms with E-state index in [-0.39, 0.29) is 57.6 Å². The lowest BCUT2D eigenvalue weighted by Gasteiger charge is -2.39. The van der Waals surface area contributed by atoms with Gasteiger partial charge in [-0.3, -0.25) is 9.97 Å². The van der Waals surface area contributed by atoms with E-state index in [9.17, 15) is 30.0 Å². The van der Waals surface area contributed by atoms with Crippen LogP contribution in [0.5, 0.6) is 0 Å². The number of hydrogen-bond acceptors (Lipinski definition) is 6. The molecule has 2 aromatic heterocycles. The van der Waals surface area contributed by atoms with Gasteiger partial charge in [-0.1, -0.05) is 19.4 Å². The molecule has 2 aliphatic rings. The summed E-state index contributed by atoms with van der Waals surface area (Å²) in [6.45, 7) is 16.7. The van der Waals surface area contributed by atoms with E-state index in [1.807, 2.05) is 0 Å². The number of fused-ring (bicyclic) bond motifs is 6. The zero-order valence-corrected chi connectivity index (χ0v) is 19.3. The number of aromatic nitrogens is 4. The molecular formula is C23H9F5N8S. The van der Waals surface area contributed by atoms with Crippen LogP contribution < -0.4 is 10.4 Å². The number of nitriles is 2. The van der Waals surface area contributed by atoms with Crippen LogP contribution in [0.4, 0.5) is 19.4 Å². The molecule has 0 N–H and O–H groups in total. The van der Waals surface area contributed by atoms with E-state index in [0.717, 1.165) is 0 Å². The minimum Gasteiger partial charge on any atom is -0.257 e. The average molecular weight is 524 g/mol. The lowest BCUT2D eigenvalue weighted by molar-refractivity contribution is 0.357. The Morgan fingerprint density at radius 2 is 1.32 bits per heavy atom. The Hall–Kier alpha value is -4.92. The highest BCUT2D eigenvalue weighted by Crippen LogP contribution is 3.01. The van der Waals surface area contributed by atoms with E-state index < -0.39 is 32.3 Å². The molecule has 37 heavy (non-hydrogen) atoms. The van der Waals surface area contributed by atoms with E-state index in [0.29, 0.717) is 17.0 Å². The zero-order chi connectivity index (χ0) is 27.0. The second-order valence-electron chi connectivity index (χ2n) is 8.23. The largest absolute Gasteiger partial charge is 0.327 e. The number of aryl methyl sites for hydroxylation is 1. The quantitative estimate of drug-likeness (QED) is 0.236. The highest BCUT2D eigenvalue weighted by molar-refractivity contribution is 8.45. The third kappa shape index (κ3) is 3.47. The van der Waals surface area contributed by atoms with Gasteiger partial charge in [0.05, 0.1) is 59.9 Å². The molecule has 5 rings (SSSR count). The van der Waals surface area contributed by atoms with Crippen molar-refractivity contribution in [2.45, 2.75) is 24.8 Å². The molecule has 1 aromatic carbocycles. The summed E-state index contributed by atoms with van der Waals surface area (Å²) in [5.74, 6) is 0. The Kier molecular flexibility index (Phi) is 4.41. The topological polar surface area (TPSA) is 108 Å². The van der Waals surface area contributed by atoms with Gasteiger partial charge in [0, 0.05) is 40.6 Å². The minimum absolute atomic E-state index is 0.0544. The summed E-state index contributed by atoms with van der Waals surface area (Å²) in [6.07, 6.45) is 1.20. The van der Waals surface area contributed by atoms with Crippen molar-refractivity contribution in [1.82, 2.24) is 19.9 Å². The number of hydrogen-bond donors (Lipinski definition) is 0. The van der Waals surface area contributed by atoms with Gasteiger partial charge in [-0.05, 0) is 18.1 Å². The maximum Gasteiger partial charge on any atom is 0.327 e. The molecule has 2 aliphatic carbocycles. The SMILES string of the molecule is [C-]#[N+]/C(C#N)=c1\c2c(/c(=C(/C#N)[N+]#[C-])c3c1Cc1ncc(S(F)(F)(F)(F)F)nc1-3)-c1nc(C)cnc1C2. The summed E-state index contributed by atoms with van der Waals surface area (Å²) in [5, 5.41) is 16.9. The van der Waals surface area contributed by atoms with Crippen molar-refractivity contribution in [3.8, 4) is 34.7 Å². The first kappa shape index (κ1) is 23.8. The van der Waals surface area contributed by atoms with Gasteiger partial charge in [0.25, 0.3) is 11.4 Å². The van der Waals surface area contributed by atoms with Crippen molar-refractivity contribution in [3.63, 3.8) is 0 Å². The molecular weight excluding hydrogens is 515 g/mol. The van der Waals surface area contributed by atoms with Crippen LogP contribution in [0.25, 0.3) is 43.6 Å².